The van der Waals surface area contributed by atoms with Crippen molar-refractivity contribution in [1.82, 2.24) is 5.32 Å². The topological polar surface area (TPSA) is 12.0 Å². The summed E-state index contributed by atoms with van der Waals surface area (Å²) in [4.78, 5) is 1.39. The summed E-state index contributed by atoms with van der Waals surface area (Å²) in [5, 5.41) is 3.76. The van der Waals surface area contributed by atoms with Gasteiger partial charge in [0.15, 0.2) is 0 Å². The summed E-state index contributed by atoms with van der Waals surface area (Å²) in [7, 11) is 0. The van der Waals surface area contributed by atoms with Gasteiger partial charge >= 0.3 is 0 Å². The molecule has 2 rings (SSSR count). The van der Waals surface area contributed by atoms with E-state index in [4.69, 9.17) is 0 Å². The average molecular weight is 277 g/mol. The average Bonchev–Trinajstić information content (AvgIpc) is 2.70. The van der Waals surface area contributed by atoms with Crippen LogP contribution in [0.3, 0.4) is 0 Å². The maximum absolute atomic E-state index is 3.76. The summed E-state index contributed by atoms with van der Waals surface area (Å²) in [5.74, 6) is 2.17. The van der Waals surface area contributed by atoms with Gasteiger partial charge in [0.05, 0.1) is 0 Å². The molecule has 1 N–H and O–H groups in total. The zero-order valence-electron chi connectivity index (χ0n) is 12.1. The molecule has 1 aliphatic rings. The minimum atomic E-state index is 0.771. The third kappa shape index (κ3) is 5.58. The summed E-state index contributed by atoms with van der Waals surface area (Å²) in [6, 6.07) is 11.5. The Morgan fingerprint density at radius 2 is 1.95 bits per heavy atom. The lowest BCUT2D eigenvalue weighted by Gasteiger charge is -2.16. The van der Waals surface area contributed by atoms with Crippen LogP contribution in [0.5, 0.6) is 0 Å². The summed E-state index contributed by atoms with van der Waals surface area (Å²) in [5.41, 5.74) is 0. The predicted molar refractivity (Wildman–Crippen MR) is 85.8 cm³/mol. The summed E-state index contributed by atoms with van der Waals surface area (Å²) in [6.45, 7) is 3.48. The Bertz CT molecular complexity index is 338. The van der Waals surface area contributed by atoms with Crippen LogP contribution in [-0.2, 0) is 0 Å². The van der Waals surface area contributed by atoms with E-state index in [1.807, 2.05) is 11.8 Å². The second-order valence-corrected chi connectivity index (χ2v) is 6.76. The fourth-order valence-electron chi connectivity index (χ4n) is 2.94. The molecule has 1 fully saturated rings. The molecule has 0 heterocycles. The first-order valence-corrected chi connectivity index (χ1v) is 8.78. The van der Waals surface area contributed by atoms with Crippen molar-refractivity contribution >= 4 is 11.8 Å². The molecule has 106 valence electrons. The van der Waals surface area contributed by atoms with Crippen LogP contribution in [0.25, 0.3) is 0 Å². The highest BCUT2D eigenvalue weighted by atomic mass is 32.2. The lowest BCUT2D eigenvalue weighted by Crippen LogP contribution is -2.30. The van der Waals surface area contributed by atoms with Crippen molar-refractivity contribution in [1.29, 1.82) is 0 Å². The molecule has 0 aliphatic heterocycles. The zero-order chi connectivity index (χ0) is 13.3. The fourth-order valence-corrected chi connectivity index (χ4v) is 3.74. The Labute approximate surface area is 122 Å². The second kappa shape index (κ2) is 8.65. The van der Waals surface area contributed by atoms with E-state index in [1.54, 1.807) is 0 Å². The lowest BCUT2D eigenvalue weighted by molar-refractivity contribution is 0.430. The first kappa shape index (κ1) is 14.9. The minimum Gasteiger partial charge on any atom is -0.313 e. The highest BCUT2D eigenvalue weighted by molar-refractivity contribution is 7.99. The Hall–Kier alpha value is -0.470. The Balaban J connectivity index is 1.60. The summed E-state index contributed by atoms with van der Waals surface area (Å²) < 4.78 is 0. The molecule has 1 saturated carbocycles. The van der Waals surface area contributed by atoms with E-state index in [-0.39, 0.29) is 0 Å². The van der Waals surface area contributed by atoms with E-state index >= 15 is 0 Å². The van der Waals surface area contributed by atoms with Crippen molar-refractivity contribution in [3.8, 4) is 0 Å². The molecule has 0 radical (unpaired) electrons. The standard InChI is InChI=1S/C17H27NS/c1-2-15-7-6-8-16(12-11-15)18-13-14-19-17-9-4-3-5-10-17/h3-5,9-10,15-16,18H,2,6-8,11-14H2,1H3. The predicted octanol–water partition coefficient (Wildman–Crippen LogP) is 4.73. The Kier molecular flexibility index (Phi) is 6.80. The first-order valence-electron chi connectivity index (χ1n) is 7.79. The molecule has 2 unspecified atom stereocenters. The summed E-state index contributed by atoms with van der Waals surface area (Å²) >= 11 is 1.96. The number of benzene rings is 1. The van der Waals surface area contributed by atoms with Gasteiger partial charge in [0, 0.05) is 23.2 Å². The van der Waals surface area contributed by atoms with Gasteiger partial charge in [0.1, 0.15) is 0 Å². The van der Waals surface area contributed by atoms with Crippen molar-refractivity contribution in [3.63, 3.8) is 0 Å². The van der Waals surface area contributed by atoms with Crippen LogP contribution in [0.2, 0.25) is 0 Å². The molecule has 2 heteroatoms. The monoisotopic (exact) mass is 277 g/mol. The quantitative estimate of drug-likeness (QED) is 0.458. The van der Waals surface area contributed by atoms with Gasteiger partial charge in [-0.2, -0.15) is 0 Å². The van der Waals surface area contributed by atoms with Crippen LogP contribution in [0.15, 0.2) is 35.2 Å². The van der Waals surface area contributed by atoms with Gasteiger partial charge in [-0.25, -0.2) is 0 Å². The van der Waals surface area contributed by atoms with Gasteiger partial charge in [0.2, 0.25) is 0 Å². The molecule has 19 heavy (non-hydrogen) atoms. The van der Waals surface area contributed by atoms with E-state index in [9.17, 15) is 0 Å². The van der Waals surface area contributed by atoms with Crippen LogP contribution in [0.4, 0.5) is 0 Å². The zero-order valence-corrected chi connectivity index (χ0v) is 12.9. The minimum absolute atomic E-state index is 0.771. The van der Waals surface area contributed by atoms with Gasteiger partial charge in [-0.1, -0.05) is 44.4 Å². The van der Waals surface area contributed by atoms with Crippen LogP contribution in [0, 0.1) is 5.92 Å². The van der Waals surface area contributed by atoms with Crippen LogP contribution < -0.4 is 5.32 Å². The van der Waals surface area contributed by atoms with Crippen molar-refractivity contribution in [2.45, 2.75) is 56.4 Å². The number of thioether (sulfide) groups is 1. The molecule has 0 amide bonds. The lowest BCUT2D eigenvalue weighted by atomic mass is 9.98. The third-order valence-corrected chi connectivity index (χ3v) is 5.23. The van der Waals surface area contributed by atoms with E-state index in [2.05, 4.69) is 42.6 Å². The van der Waals surface area contributed by atoms with Gasteiger partial charge in [-0.05, 0) is 37.3 Å². The molecule has 1 nitrogen and oxygen atoms in total. The van der Waals surface area contributed by atoms with Crippen molar-refractivity contribution in [2.75, 3.05) is 12.3 Å². The largest absolute Gasteiger partial charge is 0.313 e. The molecule has 1 aliphatic carbocycles. The smallest absolute Gasteiger partial charge is 0.0106 e. The highest BCUT2D eigenvalue weighted by Gasteiger charge is 2.16. The molecule has 0 spiro atoms. The molecule has 2 atom stereocenters. The molecular weight excluding hydrogens is 250 g/mol. The molecule has 0 saturated heterocycles. The summed E-state index contributed by atoms with van der Waals surface area (Å²) in [6.07, 6.45) is 8.44. The highest BCUT2D eigenvalue weighted by Crippen LogP contribution is 2.25. The third-order valence-electron chi connectivity index (χ3n) is 4.21. The Morgan fingerprint density at radius 3 is 2.74 bits per heavy atom. The van der Waals surface area contributed by atoms with Gasteiger partial charge in [0.25, 0.3) is 0 Å². The van der Waals surface area contributed by atoms with E-state index in [1.165, 1.54) is 49.2 Å². The second-order valence-electron chi connectivity index (χ2n) is 5.60. The fraction of sp³-hybridized carbons (Fsp3) is 0.647. The van der Waals surface area contributed by atoms with Crippen LogP contribution >= 0.6 is 11.8 Å². The van der Waals surface area contributed by atoms with E-state index < -0.39 is 0 Å². The molecule has 1 aromatic carbocycles. The molecular formula is C17H27NS. The van der Waals surface area contributed by atoms with Crippen LogP contribution in [-0.4, -0.2) is 18.3 Å². The molecule has 1 aromatic rings. The van der Waals surface area contributed by atoms with E-state index in [0.717, 1.165) is 18.5 Å². The number of rotatable bonds is 6. The van der Waals surface area contributed by atoms with Crippen molar-refractivity contribution < 1.29 is 0 Å². The number of hydrogen-bond acceptors (Lipinski definition) is 2. The van der Waals surface area contributed by atoms with Crippen molar-refractivity contribution in [3.05, 3.63) is 30.3 Å². The van der Waals surface area contributed by atoms with Crippen molar-refractivity contribution in [2.24, 2.45) is 5.92 Å². The molecule has 0 bridgehead atoms. The number of hydrogen-bond donors (Lipinski definition) is 1. The van der Waals surface area contributed by atoms with Crippen LogP contribution in [0.1, 0.15) is 45.4 Å². The number of nitrogens with one attached hydrogen (secondary N) is 1. The maximum atomic E-state index is 3.76. The SMILES string of the molecule is CCC1CCCC(NCCSc2ccccc2)CC1. The van der Waals surface area contributed by atoms with Gasteiger partial charge in [-0.3, -0.25) is 0 Å². The first-order chi connectivity index (χ1) is 9.38. The molecule has 0 aromatic heterocycles. The van der Waals surface area contributed by atoms with Gasteiger partial charge < -0.3 is 5.32 Å². The van der Waals surface area contributed by atoms with Gasteiger partial charge in [-0.15, -0.1) is 11.8 Å². The normalized spacial score (nSPS) is 24.1. The van der Waals surface area contributed by atoms with E-state index in [0.29, 0.717) is 0 Å². The Morgan fingerprint density at radius 1 is 1.11 bits per heavy atom. The maximum Gasteiger partial charge on any atom is 0.0106 e.